The molecule has 0 aliphatic heterocycles. The highest BCUT2D eigenvalue weighted by Crippen LogP contribution is 2.43. The minimum atomic E-state index is -4.46. The molecule has 0 bridgehead atoms. The number of ether oxygens (including phenoxy) is 1. The summed E-state index contributed by atoms with van der Waals surface area (Å²) in [6.07, 6.45) is 88.7. The number of nitrogens with zero attached hydrogens (tertiary/aromatic N) is 1. The van der Waals surface area contributed by atoms with Gasteiger partial charge in [0.2, 0.25) is 5.91 Å². The molecule has 0 aliphatic carbocycles. The van der Waals surface area contributed by atoms with Gasteiger partial charge in [-0.25, -0.2) is 4.57 Å². The summed E-state index contributed by atoms with van der Waals surface area (Å²) in [6.45, 7) is 6.99. The van der Waals surface area contributed by atoms with Crippen molar-refractivity contribution in [2.75, 3.05) is 40.9 Å². The second-order valence-corrected chi connectivity index (χ2v) is 27.6. The van der Waals surface area contributed by atoms with Crippen molar-refractivity contribution in [2.45, 2.75) is 354 Å². The highest BCUT2D eigenvalue weighted by atomic mass is 31.2. The first-order valence-corrected chi connectivity index (χ1v) is 38.4. The van der Waals surface area contributed by atoms with Crippen LogP contribution in [0.25, 0.3) is 0 Å². The summed E-state index contributed by atoms with van der Waals surface area (Å²) in [5.41, 5.74) is 0. The first-order valence-electron chi connectivity index (χ1n) is 36.9. The lowest BCUT2D eigenvalue weighted by atomic mass is 10.0. The molecule has 9 nitrogen and oxygen atoms in total. The maximum absolute atomic E-state index is 13.6. The van der Waals surface area contributed by atoms with Crippen LogP contribution in [0.3, 0.4) is 0 Å². The van der Waals surface area contributed by atoms with E-state index in [9.17, 15) is 19.0 Å². The molecule has 0 spiro atoms. The maximum Gasteiger partial charge on any atom is 0.472 e. The number of hydrogen-bond donors (Lipinski definition) is 2. The highest BCUT2D eigenvalue weighted by molar-refractivity contribution is 7.47. The van der Waals surface area contributed by atoms with E-state index in [1.807, 2.05) is 33.3 Å². The summed E-state index contributed by atoms with van der Waals surface area (Å²) in [5.74, 6) is -0.504. The van der Waals surface area contributed by atoms with Crippen molar-refractivity contribution in [3.05, 3.63) is 85.1 Å². The van der Waals surface area contributed by atoms with Gasteiger partial charge in [-0.3, -0.25) is 18.6 Å². The van der Waals surface area contributed by atoms with Crippen molar-refractivity contribution in [3.63, 3.8) is 0 Å². The molecule has 0 saturated carbocycles. The van der Waals surface area contributed by atoms with Crippen LogP contribution in [0.15, 0.2) is 85.1 Å². The Labute approximate surface area is 539 Å². The summed E-state index contributed by atoms with van der Waals surface area (Å²) < 4.78 is 30.9. The smallest absolute Gasteiger partial charge is 0.456 e. The van der Waals surface area contributed by atoms with Gasteiger partial charge in [-0.05, 0) is 109 Å². The number of allylic oxidation sites excluding steroid dienone is 13. The van der Waals surface area contributed by atoms with Crippen molar-refractivity contribution < 1.29 is 37.3 Å². The topological polar surface area (TPSA) is 111 Å². The molecule has 1 amide bonds. The number of likely N-dealkylation sites (N-methyl/N-ethyl adjacent to an activating group) is 1. The fourth-order valence-electron chi connectivity index (χ4n) is 10.6. The Balaban J connectivity index is 5.09. The molecule has 10 heteroatoms. The summed E-state index contributed by atoms with van der Waals surface area (Å²) in [5, 5.41) is 3.08. The largest absolute Gasteiger partial charge is 0.472 e. The first-order chi connectivity index (χ1) is 42.4. The minimum absolute atomic E-state index is 0.0371. The average molecular weight is 1240 g/mol. The monoisotopic (exact) mass is 1240 g/mol. The zero-order valence-electron chi connectivity index (χ0n) is 58.0. The van der Waals surface area contributed by atoms with E-state index in [1.54, 1.807) is 0 Å². The number of unbranched alkanes of at least 4 members (excludes halogenated alkanes) is 39. The summed E-state index contributed by atoms with van der Waals surface area (Å²) >= 11 is 0. The van der Waals surface area contributed by atoms with Gasteiger partial charge in [-0.15, -0.1) is 0 Å². The van der Waals surface area contributed by atoms with E-state index in [2.05, 4.69) is 99.0 Å². The highest BCUT2D eigenvalue weighted by Gasteiger charge is 2.30. The van der Waals surface area contributed by atoms with Gasteiger partial charge in [-0.1, -0.05) is 305 Å². The van der Waals surface area contributed by atoms with Gasteiger partial charge in [0.05, 0.1) is 33.8 Å². The summed E-state index contributed by atoms with van der Waals surface area (Å²) in [7, 11) is 1.49. The molecule has 3 unspecified atom stereocenters. The zero-order valence-corrected chi connectivity index (χ0v) is 58.9. The Kier molecular flexibility index (Phi) is 64.0. The van der Waals surface area contributed by atoms with Crippen molar-refractivity contribution >= 4 is 19.7 Å². The predicted molar refractivity (Wildman–Crippen MR) is 378 cm³/mol. The molecule has 0 aromatic heterocycles. The molecule has 3 atom stereocenters. The molecular weight excluding hydrogens is 1100 g/mol. The Hall–Kier alpha value is -2.81. The third-order valence-corrected chi connectivity index (χ3v) is 17.3. The van der Waals surface area contributed by atoms with Crippen molar-refractivity contribution in [1.29, 1.82) is 0 Å². The molecule has 87 heavy (non-hydrogen) atoms. The van der Waals surface area contributed by atoms with E-state index in [-0.39, 0.29) is 31.5 Å². The minimum Gasteiger partial charge on any atom is -0.456 e. The van der Waals surface area contributed by atoms with E-state index in [1.165, 1.54) is 212 Å². The van der Waals surface area contributed by atoms with Gasteiger partial charge >= 0.3 is 13.8 Å². The van der Waals surface area contributed by atoms with Gasteiger partial charge in [0.15, 0.2) is 0 Å². The fourth-order valence-corrected chi connectivity index (χ4v) is 11.3. The summed E-state index contributed by atoms with van der Waals surface area (Å²) in [4.78, 5) is 38.0. The molecule has 0 aromatic rings. The molecule has 0 heterocycles. The van der Waals surface area contributed by atoms with E-state index in [4.69, 9.17) is 13.8 Å². The van der Waals surface area contributed by atoms with Crippen LogP contribution in [0.5, 0.6) is 0 Å². The Morgan fingerprint density at radius 2 is 0.701 bits per heavy atom. The van der Waals surface area contributed by atoms with Crippen LogP contribution in [0, 0.1) is 0 Å². The van der Waals surface area contributed by atoms with Crippen molar-refractivity contribution in [2.24, 2.45) is 0 Å². The number of nitrogens with one attached hydrogen (secondary N) is 1. The second kappa shape index (κ2) is 66.1. The third-order valence-electron chi connectivity index (χ3n) is 16.3. The fraction of sp³-hybridized carbons (Fsp3) is 0.792. The number of esters is 1. The number of quaternary nitrogens is 1. The quantitative estimate of drug-likeness (QED) is 0.0205. The van der Waals surface area contributed by atoms with Crippen molar-refractivity contribution in [3.8, 4) is 0 Å². The molecule has 0 rings (SSSR count). The maximum atomic E-state index is 13.6. The normalized spacial score (nSPS) is 14.0. The molecule has 0 aliphatic rings. The number of amides is 1. The Morgan fingerprint density at radius 1 is 0.402 bits per heavy atom. The average Bonchev–Trinajstić information content (AvgIpc) is 3.70. The van der Waals surface area contributed by atoms with Crippen LogP contribution in [-0.4, -0.2) is 74.3 Å². The Morgan fingerprint density at radius 3 is 1.07 bits per heavy atom. The van der Waals surface area contributed by atoms with Crippen molar-refractivity contribution in [1.82, 2.24) is 5.32 Å². The van der Waals surface area contributed by atoms with E-state index < -0.39 is 20.0 Å². The number of carbonyl (C=O) groups excluding carboxylic acids is 2. The molecule has 0 radical (unpaired) electrons. The lowest BCUT2D eigenvalue weighted by molar-refractivity contribution is -0.870. The van der Waals surface area contributed by atoms with Crippen LogP contribution < -0.4 is 5.32 Å². The molecular formula is C77H142N2O7P+. The molecule has 0 aromatic carbocycles. The van der Waals surface area contributed by atoms with Crippen LogP contribution >= 0.6 is 7.82 Å². The van der Waals surface area contributed by atoms with Gasteiger partial charge in [-0.2, -0.15) is 0 Å². The third kappa shape index (κ3) is 67.4. The van der Waals surface area contributed by atoms with Crippen LogP contribution in [0.4, 0.5) is 0 Å². The summed E-state index contributed by atoms with van der Waals surface area (Å²) in [6, 6.07) is -0.856. The van der Waals surface area contributed by atoms with Gasteiger partial charge < -0.3 is 19.4 Å². The van der Waals surface area contributed by atoms with Gasteiger partial charge in [0.1, 0.15) is 19.3 Å². The zero-order chi connectivity index (χ0) is 63.5. The van der Waals surface area contributed by atoms with Gasteiger partial charge in [0, 0.05) is 12.8 Å². The lowest BCUT2D eigenvalue weighted by Gasteiger charge is -2.27. The Bertz CT molecular complexity index is 1760. The van der Waals surface area contributed by atoms with Crippen LogP contribution in [0.2, 0.25) is 0 Å². The lowest BCUT2D eigenvalue weighted by Crippen LogP contribution is -2.47. The van der Waals surface area contributed by atoms with E-state index in [0.717, 1.165) is 96.3 Å². The second-order valence-electron chi connectivity index (χ2n) is 26.1. The molecule has 2 N–H and O–H groups in total. The number of phosphoric ester groups is 1. The first kappa shape index (κ1) is 84.2. The van der Waals surface area contributed by atoms with E-state index in [0.29, 0.717) is 17.4 Å². The van der Waals surface area contributed by atoms with E-state index >= 15 is 0 Å². The van der Waals surface area contributed by atoms with Gasteiger partial charge in [0.25, 0.3) is 0 Å². The standard InChI is InChI=1S/C77H141N2O7P/c1-7-10-13-16-19-22-25-28-30-32-34-36-38-39-41-43-45-47-49-52-55-58-61-64-67-70-77(81)86-75(68-65-62-59-56-53-50-27-24-21-18-15-12-9-3)74(73-85-87(82,83)84-72-71-79(4,5)6)78-76(80)69-66-63-60-57-54-51-48-46-44-42-40-37-35-33-31-29-26-23-20-17-14-11-8-2/h19-20,22-23,28-31,34,36,39,41,65,68,74-75H,7-18,21,24-27,32-33,35,37-38,40,42-64,66-67,69-73H2,1-6H3,(H-,78,80,82,83)/p+1/b22-19-,23-20-,30-28-,31-29-,36-34-,41-39-,68-65+. The van der Waals surface area contributed by atoms with Crippen LogP contribution in [0.1, 0.15) is 342 Å². The number of carbonyl (C=O) groups is 2. The SMILES string of the molecule is CCCCC/C=C\C/C=C\C/C=C\C/C=C\CCCCCCCCCCCC(=O)OC(/C=C/CCCCCCCCCCCCC)C(COP(=O)(O)OCC[N+](C)(C)C)NC(=O)CCCCCCCCCCCCCCC/C=C\C/C=C\CCCCC. The number of rotatable bonds is 67. The number of phosphoric acid groups is 1. The molecule has 506 valence electrons. The predicted octanol–water partition coefficient (Wildman–Crippen LogP) is 23.7. The number of hydrogen-bond acceptors (Lipinski definition) is 6. The molecule has 0 saturated heterocycles. The van der Waals surface area contributed by atoms with Crippen LogP contribution in [-0.2, 0) is 27.9 Å². The molecule has 0 fully saturated rings.